The van der Waals surface area contributed by atoms with Gasteiger partial charge in [0, 0.05) is 11.8 Å². The molecule has 2 unspecified atom stereocenters. The number of Topliss-reactive ketones (excluding diaryl/α,β-unsaturated/α-hetero) is 1. The zero-order valence-corrected chi connectivity index (χ0v) is 5.41. The van der Waals surface area contributed by atoms with Crippen LogP contribution in [0.25, 0.3) is 0 Å². The average Bonchev–Trinajstić information content (AvgIpc) is 2.64. The van der Waals surface area contributed by atoms with E-state index >= 15 is 0 Å². The number of carbonyl (C=O) groups excluding carboxylic acids is 2. The average molecular weight is 143 g/mol. The Morgan fingerprint density at radius 3 is 2.40 bits per heavy atom. The lowest BCUT2D eigenvalue weighted by Gasteiger charge is -1.90. The number of primary amides is 1. The molecule has 1 aliphatic rings. The van der Waals surface area contributed by atoms with Gasteiger partial charge in [0.05, 0.1) is 0 Å². The Kier molecular flexibility index (Phi) is 1.72. The molecule has 1 fully saturated rings. The lowest BCUT2D eigenvalue weighted by atomic mass is 10.2. The van der Waals surface area contributed by atoms with Crippen LogP contribution in [0.15, 0.2) is 0 Å². The van der Waals surface area contributed by atoms with Crippen molar-refractivity contribution in [1.29, 1.82) is 0 Å². The van der Waals surface area contributed by atoms with Gasteiger partial charge in [0.15, 0.2) is 5.78 Å². The SMILES string of the molecule is NC(=O)C1CC1C(=O)CO. The van der Waals surface area contributed by atoms with Crippen LogP contribution < -0.4 is 5.73 Å². The number of aliphatic hydroxyl groups is 1. The molecule has 0 aliphatic heterocycles. The predicted molar refractivity (Wildman–Crippen MR) is 32.9 cm³/mol. The molecule has 0 bridgehead atoms. The molecule has 0 radical (unpaired) electrons. The third-order valence-electron chi connectivity index (χ3n) is 1.73. The molecule has 0 saturated heterocycles. The number of amides is 1. The van der Waals surface area contributed by atoms with Crippen molar-refractivity contribution in [1.82, 2.24) is 0 Å². The van der Waals surface area contributed by atoms with Gasteiger partial charge in [0.1, 0.15) is 6.61 Å². The van der Waals surface area contributed by atoms with Crippen LogP contribution in [0.2, 0.25) is 0 Å². The molecule has 1 rings (SSSR count). The van der Waals surface area contributed by atoms with Gasteiger partial charge in [-0.05, 0) is 6.42 Å². The molecule has 0 aromatic carbocycles. The predicted octanol–water partition coefficient (Wildman–Crippen LogP) is -1.33. The summed E-state index contributed by atoms with van der Waals surface area (Å²) in [6, 6.07) is 0. The number of carbonyl (C=O) groups is 2. The Hall–Kier alpha value is -0.900. The quantitative estimate of drug-likeness (QED) is 0.513. The molecule has 0 spiro atoms. The first-order chi connectivity index (χ1) is 4.66. The van der Waals surface area contributed by atoms with Crippen molar-refractivity contribution >= 4 is 11.7 Å². The van der Waals surface area contributed by atoms with E-state index < -0.39 is 12.5 Å². The fourth-order valence-corrected chi connectivity index (χ4v) is 0.983. The molecule has 1 amide bonds. The monoisotopic (exact) mass is 143 g/mol. The zero-order chi connectivity index (χ0) is 7.72. The van der Waals surface area contributed by atoms with E-state index in [4.69, 9.17) is 10.8 Å². The minimum atomic E-state index is -0.478. The molecule has 1 aliphatic carbocycles. The smallest absolute Gasteiger partial charge is 0.221 e. The van der Waals surface area contributed by atoms with Gasteiger partial charge in [-0.15, -0.1) is 0 Å². The molecule has 3 N–H and O–H groups in total. The second-order valence-electron chi connectivity index (χ2n) is 2.48. The zero-order valence-electron chi connectivity index (χ0n) is 5.41. The summed E-state index contributed by atoms with van der Waals surface area (Å²) in [5.41, 5.74) is 4.91. The number of hydrogen-bond donors (Lipinski definition) is 2. The second kappa shape index (κ2) is 2.38. The van der Waals surface area contributed by atoms with Gasteiger partial charge < -0.3 is 10.8 Å². The molecule has 4 heteroatoms. The summed E-state index contributed by atoms with van der Waals surface area (Å²) < 4.78 is 0. The summed E-state index contributed by atoms with van der Waals surface area (Å²) >= 11 is 0. The van der Waals surface area contributed by atoms with Crippen molar-refractivity contribution in [2.75, 3.05) is 6.61 Å². The van der Waals surface area contributed by atoms with E-state index in [1.54, 1.807) is 0 Å². The topological polar surface area (TPSA) is 80.4 Å². The molecule has 0 aromatic heterocycles. The molecule has 0 heterocycles. The van der Waals surface area contributed by atoms with E-state index in [1.165, 1.54) is 0 Å². The minimum Gasteiger partial charge on any atom is -0.389 e. The molecule has 0 aromatic rings. The van der Waals surface area contributed by atoms with Crippen LogP contribution in [0.5, 0.6) is 0 Å². The third-order valence-corrected chi connectivity index (χ3v) is 1.73. The van der Waals surface area contributed by atoms with Crippen LogP contribution in [0.3, 0.4) is 0 Å². The molecular formula is C6H9NO3. The fraction of sp³-hybridized carbons (Fsp3) is 0.667. The summed E-state index contributed by atoms with van der Waals surface area (Å²) in [6.45, 7) is -0.478. The highest BCUT2D eigenvalue weighted by Crippen LogP contribution is 2.38. The Morgan fingerprint density at radius 1 is 1.50 bits per heavy atom. The molecule has 56 valence electrons. The van der Waals surface area contributed by atoms with Crippen molar-refractivity contribution in [2.45, 2.75) is 6.42 Å². The van der Waals surface area contributed by atoms with E-state index in [0.717, 1.165) is 0 Å². The van der Waals surface area contributed by atoms with Gasteiger partial charge in [-0.3, -0.25) is 9.59 Å². The summed E-state index contributed by atoms with van der Waals surface area (Å²) in [4.78, 5) is 21.0. The van der Waals surface area contributed by atoms with Gasteiger partial charge in [0.25, 0.3) is 0 Å². The van der Waals surface area contributed by atoms with Crippen LogP contribution >= 0.6 is 0 Å². The Bertz CT molecular complexity index is 178. The molecule has 2 atom stereocenters. The number of ketones is 1. The summed E-state index contributed by atoms with van der Waals surface area (Å²) in [5, 5.41) is 8.34. The van der Waals surface area contributed by atoms with Crippen molar-refractivity contribution < 1.29 is 14.7 Å². The third kappa shape index (κ3) is 1.16. The van der Waals surface area contributed by atoms with Gasteiger partial charge >= 0.3 is 0 Å². The lowest BCUT2D eigenvalue weighted by Crippen LogP contribution is -2.17. The highest BCUT2D eigenvalue weighted by Gasteiger charge is 2.46. The first kappa shape index (κ1) is 7.21. The van der Waals surface area contributed by atoms with E-state index in [2.05, 4.69) is 0 Å². The molecular weight excluding hydrogens is 134 g/mol. The van der Waals surface area contributed by atoms with Gasteiger partial charge in [-0.2, -0.15) is 0 Å². The van der Waals surface area contributed by atoms with E-state index in [1.807, 2.05) is 0 Å². The van der Waals surface area contributed by atoms with Gasteiger partial charge in [-0.1, -0.05) is 0 Å². The first-order valence-corrected chi connectivity index (χ1v) is 3.09. The molecule has 4 nitrogen and oxygen atoms in total. The number of aliphatic hydroxyl groups excluding tert-OH is 1. The summed E-state index contributed by atoms with van der Waals surface area (Å²) in [7, 11) is 0. The maximum atomic E-state index is 10.6. The molecule has 10 heavy (non-hydrogen) atoms. The van der Waals surface area contributed by atoms with E-state index in [9.17, 15) is 9.59 Å². The summed E-state index contributed by atoms with van der Waals surface area (Å²) in [5.74, 6) is -1.31. The second-order valence-corrected chi connectivity index (χ2v) is 2.48. The normalized spacial score (nSPS) is 29.7. The van der Waals surface area contributed by atoms with Crippen LogP contribution in [-0.2, 0) is 9.59 Å². The van der Waals surface area contributed by atoms with Crippen LogP contribution in [-0.4, -0.2) is 23.4 Å². The first-order valence-electron chi connectivity index (χ1n) is 3.09. The summed E-state index contributed by atoms with van der Waals surface area (Å²) in [6.07, 6.45) is 0.523. The van der Waals surface area contributed by atoms with Gasteiger partial charge in [0.2, 0.25) is 5.91 Å². The standard InChI is InChI=1S/C6H9NO3/c7-6(10)4-1-3(4)5(9)2-8/h3-4,8H,1-2H2,(H2,7,10). The van der Waals surface area contributed by atoms with Crippen LogP contribution in [0.1, 0.15) is 6.42 Å². The van der Waals surface area contributed by atoms with Crippen LogP contribution in [0.4, 0.5) is 0 Å². The highest BCUT2D eigenvalue weighted by molar-refractivity contribution is 5.93. The highest BCUT2D eigenvalue weighted by atomic mass is 16.3. The van der Waals surface area contributed by atoms with E-state index in [-0.39, 0.29) is 17.6 Å². The maximum Gasteiger partial charge on any atom is 0.221 e. The van der Waals surface area contributed by atoms with Crippen molar-refractivity contribution in [3.63, 3.8) is 0 Å². The Morgan fingerprint density at radius 2 is 2.10 bits per heavy atom. The number of rotatable bonds is 3. The van der Waals surface area contributed by atoms with Crippen molar-refractivity contribution in [3.05, 3.63) is 0 Å². The Labute approximate surface area is 58.0 Å². The Balaban J connectivity index is 2.38. The van der Waals surface area contributed by atoms with Crippen LogP contribution in [0, 0.1) is 11.8 Å². The molecule has 1 saturated carbocycles. The lowest BCUT2D eigenvalue weighted by molar-refractivity contribution is -0.126. The van der Waals surface area contributed by atoms with Crippen molar-refractivity contribution in [3.8, 4) is 0 Å². The van der Waals surface area contributed by atoms with E-state index in [0.29, 0.717) is 6.42 Å². The van der Waals surface area contributed by atoms with Crippen molar-refractivity contribution in [2.24, 2.45) is 17.6 Å². The number of hydrogen-bond acceptors (Lipinski definition) is 3. The maximum absolute atomic E-state index is 10.6. The minimum absolute atomic E-state index is 0.274. The number of nitrogens with two attached hydrogens (primary N) is 1. The fourth-order valence-electron chi connectivity index (χ4n) is 0.983. The largest absolute Gasteiger partial charge is 0.389 e. The van der Waals surface area contributed by atoms with Gasteiger partial charge in [-0.25, -0.2) is 0 Å².